The second kappa shape index (κ2) is 15.3. The van der Waals surface area contributed by atoms with E-state index in [1.54, 1.807) is 43.8 Å². The number of hydrogen-bond donors (Lipinski definition) is 4. The zero-order valence-electron chi connectivity index (χ0n) is 19.2. The number of rotatable bonds is 10. The Hall–Kier alpha value is -3.52. The van der Waals surface area contributed by atoms with Crippen LogP contribution in [0.25, 0.3) is 0 Å². The molecule has 0 spiro atoms. The average molecular weight is 492 g/mol. The van der Waals surface area contributed by atoms with Crippen LogP contribution in [0.4, 0.5) is 0 Å². The summed E-state index contributed by atoms with van der Waals surface area (Å²) >= 11 is 1.65. The number of carboxylic acids is 2. The quantitative estimate of drug-likeness (QED) is 0.224. The highest BCUT2D eigenvalue weighted by Crippen LogP contribution is 2.27. The lowest BCUT2D eigenvalue weighted by Gasteiger charge is -2.12. The minimum Gasteiger partial charge on any atom is -0.496 e. The molecule has 1 aromatic carbocycles. The highest BCUT2D eigenvalue weighted by atomic mass is 32.1. The van der Waals surface area contributed by atoms with Crippen LogP contribution in [0.3, 0.4) is 0 Å². The molecule has 2 rings (SSSR count). The lowest BCUT2D eigenvalue weighted by molar-refractivity contribution is -0.134. The summed E-state index contributed by atoms with van der Waals surface area (Å²) in [5, 5.41) is 25.0. The molecular formula is C24H29NO8S. The van der Waals surface area contributed by atoms with Gasteiger partial charge in [-0.15, -0.1) is 11.3 Å². The Bertz CT molecular complexity index is 981. The number of nitrogens with two attached hydrogens (primary N) is 1. The maximum Gasteiger partial charge on any atom is 0.328 e. The molecule has 1 heterocycles. The summed E-state index contributed by atoms with van der Waals surface area (Å²) in [7, 11) is 3.20. The van der Waals surface area contributed by atoms with Crippen LogP contribution in [0.5, 0.6) is 17.2 Å². The number of aryl methyl sites for hydroxylation is 1. The maximum atomic E-state index is 9.55. The summed E-state index contributed by atoms with van der Waals surface area (Å²) in [5.41, 5.74) is 5.48. The molecule has 0 aliphatic carbocycles. The second-order valence-electron chi connectivity index (χ2n) is 6.92. The first-order valence-corrected chi connectivity index (χ1v) is 11.0. The average Bonchev–Trinajstić information content (AvgIpc) is 3.26. The molecule has 2 aromatic rings. The number of thiophene rings is 1. The van der Waals surface area contributed by atoms with Gasteiger partial charge in [0.1, 0.15) is 30.1 Å². The minimum absolute atomic E-state index is 0.0832. The van der Waals surface area contributed by atoms with Crippen molar-refractivity contribution in [1.82, 2.24) is 0 Å². The van der Waals surface area contributed by atoms with Crippen molar-refractivity contribution in [3.63, 3.8) is 0 Å². The predicted molar refractivity (Wildman–Crippen MR) is 128 cm³/mol. The van der Waals surface area contributed by atoms with Crippen LogP contribution in [-0.2, 0) is 16.0 Å². The number of aliphatic hydroxyl groups excluding tert-OH is 1. The van der Waals surface area contributed by atoms with Crippen molar-refractivity contribution in [2.45, 2.75) is 26.0 Å². The fraction of sp³-hybridized carbons (Fsp3) is 0.333. The lowest BCUT2D eigenvalue weighted by atomic mass is 10.0. The molecule has 184 valence electrons. The maximum absolute atomic E-state index is 9.55. The predicted octanol–water partition coefficient (Wildman–Crippen LogP) is 2.75. The largest absolute Gasteiger partial charge is 0.496 e. The van der Waals surface area contributed by atoms with Crippen LogP contribution in [-0.4, -0.2) is 54.3 Å². The molecule has 0 radical (unpaired) electrons. The van der Waals surface area contributed by atoms with E-state index in [9.17, 15) is 14.7 Å². The van der Waals surface area contributed by atoms with E-state index in [4.69, 9.17) is 30.2 Å². The van der Waals surface area contributed by atoms with E-state index in [1.165, 1.54) is 4.88 Å². The molecule has 0 bridgehead atoms. The van der Waals surface area contributed by atoms with Gasteiger partial charge in [0, 0.05) is 35.2 Å². The fourth-order valence-electron chi connectivity index (χ4n) is 2.37. The summed E-state index contributed by atoms with van der Waals surface area (Å²) in [4.78, 5) is 21.3. The van der Waals surface area contributed by atoms with Gasteiger partial charge < -0.3 is 35.3 Å². The third-order valence-corrected chi connectivity index (χ3v) is 5.37. The Morgan fingerprint density at radius 1 is 1.06 bits per heavy atom. The Balaban J connectivity index is 0.000000620. The van der Waals surface area contributed by atoms with Crippen molar-refractivity contribution >= 4 is 23.3 Å². The molecule has 1 aromatic heterocycles. The molecule has 1 unspecified atom stereocenters. The number of hydrogen-bond acceptors (Lipinski definition) is 8. The lowest BCUT2D eigenvalue weighted by Crippen LogP contribution is -2.27. The van der Waals surface area contributed by atoms with E-state index in [2.05, 4.69) is 17.9 Å². The zero-order chi connectivity index (χ0) is 25.5. The molecule has 34 heavy (non-hydrogen) atoms. The van der Waals surface area contributed by atoms with Gasteiger partial charge in [0.25, 0.3) is 0 Å². The van der Waals surface area contributed by atoms with E-state index in [1.807, 2.05) is 13.0 Å². The van der Waals surface area contributed by atoms with Gasteiger partial charge in [0.05, 0.1) is 19.1 Å². The molecule has 10 heteroatoms. The van der Waals surface area contributed by atoms with Crippen LogP contribution in [0.1, 0.15) is 23.1 Å². The third-order valence-electron chi connectivity index (χ3n) is 4.31. The van der Waals surface area contributed by atoms with Gasteiger partial charge in [-0.25, -0.2) is 9.59 Å². The highest BCUT2D eigenvalue weighted by Gasteiger charge is 2.09. The van der Waals surface area contributed by atoms with Gasteiger partial charge in [-0.05, 0) is 30.9 Å². The van der Waals surface area contributed by atoms with Crippen molar-refractivity contribution in [1.29, 1.82) is 0 Å². The van der Waals surface area contributed by atoms with Crippen LogP contribution in [0, 0.1) is 17.8 Å². The van der Waals surface area contributed by atoms with Gasteiger partial charge in [-0.2, -0.15) is 0 Å². The zero-order valence-corrected chi connectivity index (χ0v) is 20.0. The molecule has 0 saturated carbocycles. The molecular weight excluding hydrogens is 462 g/mol. The van der Waals surface area contributed by atoms with Crippen LogP contribution < -0.4 is 19.9 Å². The van der Waals surface area contributed by atoms with Crippen molar-refractivity contribution in [3.8, 4) is 29.1 Å². The number of aliphatic carboxylic acids is 2. The van der Waals surface area contributed by atoms with E-state index in [0.29, 0.717) is 29.4 Å². The molecule has 0 aliphatic heterocycles. The van der Waals surface area contributed by atoms with Crippen LogP contribution in [0.2, 0.25) is 0 Å². The van der Waals surface area contributed by atoms with Gasteiger partial charge in [-0.1, -0.05) is 18.8 Å². The molecule has 5 N–H and O–H groups in total. The second-order valence-corrected chi connectivity index (χ2v) is 8.09. The Kier molecular flexibility index (Phi) is 12.9. The minimum atomic E-state index is -1.26. The van der Waals surface area contributed by atoms with Crippen LogP contribution >= 0.6 is 11.3 Å². The monoisotopic (exact) mass is 491 g/mol. The van der Waals surface area contributed by atoms with Gasteiger partial charge in [-0.3, -0.25) is 0 Å². The number of carbonyl (C=O) groups is 2. The van der Waals surface area contributed by atoms with Crippen molar-refractivity contribution < 1.29 is 39.1 Å². The molecule has 0 saturated heterocycles. The van der Waals surface area contributed by atoms with Crippen molar-refractivity contribution in [2.24, 2.45) is 11.7 Å². The molecule has 0 fully saturated rings. The smallest absolute Gasteiger partial charge is 0.328 e. The van der Waals surface area contributed by atoms with E-state index in [0.717, 1.165) is 17.7 Å². The summed E-state index contributed by atoms with van der Waals surface area (Å²) in [5.74, 6) is 5.69. The Morgan fingerprint density at radius 2 is 1.62 bits per heavy atom. The summed E-state index contributed by atoms with van der Waals surface area (Å²) < 4.78 is 16.1. The summed E-state index contributed by atoms with van der Waals surface area (Å²) in [6.45, 7) is 2.23. The first kappa shape index (κ1) is 28.5. The number of aliphatic hydroxyl groups is 1. The van der Waals surface area contributed by atoms with Crippen LogP contribution in [0.15, 0.2) is 42.5 Å². The SMILES string of the molecule is COc1cc(OC)cc(OCC#Cc2ccc(CC[C@@H](C)C(N)O)s2)c1.O=C(O)/C=C\C(=O)O. The van der Waals surface area contributed by atoms with E-state index in [-0.39, 0.29) is 12.5 Å². The normalized spacial score (nSPS) is 11.9. The highest BCUT2D eigenvalue weighted by molar-refractivity contribution is 7.12. The molecule has 0 amide bonds. The molecule has 9 nitrogen and oxygen atoms in total. The Labute approximate surface area is 202 Å². The molecule has 2 atom stereocenters. The third kappa shape index (κ3) is 11.9. The standard InChI is InChI=1S/C20H25NO4S.C4H4O4/c1-14(20(21)22)6-7-19-9-8-18(26-19)5-4-10-25-17-12-15(23-2)11-16(13-17)24-3;5-3(6)1-2-4(7)8/h8-9,11-14,20,22H,6-7,10,21H2,1-3H3;1-2H,(H,5,6)(H,7,8)/b;2-1-/t14-,20?;/m1./s1. The molecule has 0 aliphatic rings. The first-order chi connectivity index (χ1) is 16.1. The summed E-state index contributed by atoms with van der Waals surface area (Å²) in [6, 6.07) is 9.44. The fourth-order valence-corrected chi connectivity index (χ4v) is 3.27. The van der Waals surface area contributed by atoms with Crippen molar-refractivity contribution in [3.05, 3.63) is 52.2 Å². The first-order valence-electron chi connectivity index (χ1n) is 10.2. The summed E-state index contributed by atoms with van der Waals surface area (Å²) in [6.07, 6.45) is 2.10. The number of methoxy groups -OCH3 is 2. The Morgan fingerprint density at radius 3 is 2.12 bits per heavy atom. The number of carboxylic acid groups (broad SMARTS) is 2. The van der Waals surface area contributed by atoms with E-state index >= 15 is 0 Å². The van der Waals surface area contributed by atoms with Gasteiger partial charge in [0.15, 0.2) is 0 Å². The number of benzene rings is 1. The van der Waals surface area contributed by atoms with Gasteiger partial charge >= 0.3 is 11.9 Å². The van der Waals surface area contributed by atoms with Gasteiger partial charge in [0.2, 0.25) is 0 Å². The number of ether oxygens (including phenoxy) is 3. The topological polar surface area (TPSA) is 149 Å². The van der Waals surface area contributed by atoms with Crippen molar-refractivity contribution in [2.75, 3.05) is 20.8 Å². The van der Waals surface area contributed by atoms with E-state index < -0.39 is 18.2 Å².